The van der Waals surface area contributed by atoms with E-state index in [1.54, 1.807) is 4.90 Å². The summed E-state index contributed by atoms with van der Waals surface area (Å²) in [4.78, 5) is 14.0. The summed E-state index contributed by atoms with van der Waals surface area (Å²) in [6, 6.07) is 0.719. The fourth-order valence-corrected chi connectivity index (χ4v) is 3.02. The molecule has 24 heavy (non-hydrogen) atoms. The Morgan fingerprint density at radius 3 is 2.71 bits per heavy atom. The molecule has 0 N–H and O–H groups in total. The van der Waals surface area contributed by atoms with Crippen molar-refractivity contribution in [1.29, 1.82) is 0 Å². The van der Waals surface area contributed by atoms with Gasteiger partial charge in [-0.2, -0.15) is 18.3 Å². The van der Waals surface area contributed by atoms with Gasteiger partial charge in [-0.15, -0.1) is 0 Å². The van der Waals surface area contributed by atoms with Crippen molar-refractivity contribution < 1.29 is 27.4 Å². The van der Waals surface area contributed by atoms with Crippen molar-refractivity contribution in [3.63, 3.8) is 0 Å². The van der Waals surface area contributed by atoms with Crippen molar-refractivity contribution in [3.8, 4) is 0 Å². The summed E-state index contributed by atoms with van der Waals surface area (Å²) in [5, 5.41) is 3.62. The maximum Gasteiger partial charge on any atom is 0.435 e. The number of rotatable bonds is 3. The standard InChI is InChI=1S/C15H20F3N3O3/c16-15(17,18)12-4-6-21(19-12)11-3-1-5-20(10-11)13(22)9-14-23-7-2-8-24-14/h4,6,11,14H,1-3,5,7-10H2/t11-/m1/s1. The van der Waals surface area contributed by atoms with E-state index in [4.69, 9.17) is 9.47 Å². The van der Waals surface area contributed by atoms with E-state index in [0.29, 0.717) is 32.7 Å². The normalized spacial score (nSPS) is 23.5. The average Bonchev–Trinajstić information content (AvgIpc) is 3.06. The Morgan fingerprint density at radius 2 is 2.04 bits per heavy atom. The van der Waals surface area contributed by atoms with E-state index in [-0.39, 0.29) is 18.4 Å². The lowest BCUT2D eigenvalue weighted by Gasteiger charge is -2.34. The van der Waals surface area contributed by atoms with Gasteiger partial charge in [0.1, 0.15) is 0 Å². The quantitative estimate of drug-likeness (QED) is 0.841. The van der Waals surface area contributed by atoms with Crippen LogP contribution in [0, 0.1) is 0 Å². The van der Waals surface area contributed by atoms with Crippen LogP contribution in [0.1, 0.15) is 37.4 Å². The molecule has 0 bridgehead atoms. The van der Waals surface area contributed by atoms with E-state index in [1.165, 1.54) is 10.9 Å². The first kappa shape index (κ1) is 17.2. The lowest BCUT2D eigenvalue weighted by atomic mass is 10.1. The summed E-state index contributed by atoms with van der Waals surface area (Å²) in [6.45, 7) is 2.10. The van der Waals surface area contributed by atoms with Crippen molar-refractivity contribution in [2.45, 2.75) is 44.2 Å². The van der Waals surface area contributed by atoms with Crippen LogP contribution in [0.5, 0.6) is 0 Å². The molecule has 0 radical (unpaired) electrons. The number of alkyl halides is 3. The molecular formula is C15H20F3N3O3. The zero-order chi connectivity index (χ0) is 17.2. The van der Waals surface area contributed by atoms with Crippen LogP contribution in [0.3, 0.4) is 0 Å². The molecule has 3 rings (SSSR count). The Labute approximate surface area is 137 Å². The molecule has 1 aromatic heterocycles. The van der Waals surface area contributed by atoms with Crippen LogP contribution in [0.25, 0.3) is 0 Å². The third-order valence-corrected chi connectivity index (χ3v) is 4.26. The van der Waals surface area contributed by atoms with Crippen molar-refractivity contribution in [1.82, 2.24) is 14.7 Å². The minimum absolute atomic E-state index is 0.102. The van der Waals surface area contributed by atoms with E-state index in [9.17, 15) is 18.0 Å². The zero-order valence-electron chi connectivity index (χ0n) is 13.2. The van der Waals surface area contributed by atoms with Gasteiger partial charge < -0.3 is 14.4 Å². The summed E-state index contributed by atoms with van der Waals surface area (Å²) in [6.07, 6.45) is -1.27. The molecule has 1 aromatic rings. The summed E-state index contributed by atoms with van der Waals surface area (Å²) < 4.78 is 50.1. The van der Waals surface area contributed by atoms with Crippen LogP contribution in [0.2, 0.25) is 0 Å². The number of aromatic nitrogens is 2. The van der Waals surface area contributed by atoms with Gasteiger partial charge in [0.25, 0.3) is 0 Å². The highest BCUT2D eigenvalue weighted by atomic mass is 19.4. The summed E-state index contributed by atoms with van der Waals surface area (Å²) in [7, 11) is 0. The third-order valence-electron chi connectivity index (χ3n) is 4.26. The van der Waals surface area contributed by atoms with Gasteiger partial charge in [0.15, 0.2) is 12.0 Å². The Balaban J connectivity index is 1.59. The van der Waals surface area contributed by atoms with Crippen LogP contribution in [-0.4, -0.2) is 53.2 Å². The fourth-order valence-electron chi connectivity index (χ4n) is 3.02. The van der Waals surface area contributed by atoms with Crippen LogP contribution in [0.4, 0.5) is 13.2 Å². The average molecular weight is 347 g/mol. The lowest BCUT2D eigenvalue weighted by Crippen LogP contribution is -2.43. The molecule has 0 aliphatic carbocycles. The van der Waals surface area contributed by atoms with Gasteiger partial charge in [0.2, 0.25) is 5.91 Å². The van der Waals surface area contributed by atoms with Crippen LogP contribution in [0.15, 0.2) is 12.3 Å². The first-order valence-corrected chi connectivity index (χ1v) is 8.07. The third kappa shape index (κ3) is 4.07. The number of hydrogen-bond acceptors (Lipinski definition) is 4. The van der Waals surface area contributed by atoms with Gasteiger partial charge in [0, 0.05) is 19.3 Å². The summed E-state index contributed by atoms with van der Waals surface area (Å²) in [5.41, 5.74) is -0.907. The van der Waals surface area contributed by atoms with Crippen LogP contribution in [-0.2, 0) is 20.4 Å². The second-order valence-corrected chi connectivity index (χ2v) is 6.04. The Kier molecular flexibility index (Phi) is 5.09. The molecule has 2 aliphatic rings. The molecule has 1 atom stereocenters. The molecule has 0 unspecified atom stereocenters. The first-order valence-electron chi connectivity index (χ1n) is 8.07. The van der Waals surface area contributed by atoms with Gasteiger partial charge in [-0.1, -0.05) is 0 Å². The molecule has 0 aromatic carbocycles. The smallest absolute Gasteiger partial charge is 0.352 e. The molecule has 6 nitrogen and oxygen atoms in total. The van der Waals surface area contributed by atoms with E-state index < -0.39 is 18.2 Å². The zero-order valence-corrected chi connectivity index (χ0v) is 13.2. The maximum absolute atomic E-state index is 12.7. The minimum atomic E-state index is -4.45. The highest BCUT2D eigenvalue weighted by Gasteiger charge is 2.35. The van der Waals surface area contributed by atoms with E-state index in [0.717, 1.165) is 18.9 Å². The van der Waals surface area contributed by atoms with Crippen molar-refractivity contribution in [3.05, 3.63) is 18.0 Å². The topological polar surface area (TPSA) is 56.6 Å². The van der Waals surface area contributed by atoms with Gasteiger partial charge in [0.05, 0.1) is 25.7 Å². The monoisotopic (exact) mass is 347 g/mol. The molecule has 2 fully saturated rings. The second kappa shape index (κ2) is 7.10. The number of hydrogen-bond donors (Lipinski definition) is 0. The molecule has 2 aliphatic heterocycles. The largest absolute Gasteiger partial charge is 0.435 e. The molecule has 0 spiro atoms. The first-order chi connectivity index (χ1) is 11.4. The predicted octanol–water partition coefficient (Wildman–Crippen LogP) is 2.22. The summed E-state index contributed by atoms with van der Waals surface area (Å²) >= 11 is 0. The Hall–Kier alpha value is -1.61. The minimum Gasteiger partial charge on any atom is -0.352 e. The van der Waals surface area contributed by atoms with E-state index >= 15 is 0 Å². The molecular weight excluding hydrogens is 327 g/mol. The van der Waals surface area contributed by atoms with Crippen molar-refractivity contribution in [2.24, 2.45) is 0 Å². The number of piperidine rings is 1. The van der Waals surface area contributed by atoms with Crippen LogP contribution >= 0.6 is 0 Å². The molecule has 2 saturated heterocycles. The Morgan fingerprint density at radius 1 is 1.29 bits per heavy atom. The van der Waals surface area contributed by atoms with Gasteiger partial charge in [-0.3, -0.25) is 9.48 Å². The number of halogens is 3. The number of likely N-dealkylation sites (tertiary alicyclic amines) is 1. The highest BCUT2D eigenvalue weighted by Crippen LogP contribution is 2.29. The highest BCUT2D eigenvalue weighted by molar-refractivity contribution is 5.76. The predicted molar refractivity (Wildman–Crippen MR) is 77.0 cm³/mol. The molecule has 134 valence electrons. The maximum atomic E-state index is 12.7. The van der Waals surface area contributed by atoms with Crippen LogP contribution < -0.4 is 0 Å². The van der Waals surface area contributed by atoms with Crippen molar-refractivity contribution in [2.75, 3.05) is 26.3 Å². The molecule has 0 saturated carbocycles. The summed E-state index contributed by atoms with van der Waals surface area (Å²) in [5.74, 6) is -0.102. The number of nitrogens with zero attached hydrogens (tertiary/aromatic N) is 3. The van der Waals surface area contributed by atoms with E-state index in [2.05, 4.69) is 5.10 Å². The molecule has 3 heterocycles. The molecule has 1 amide bonds. The number of carbonyl (C=O) groups is 1. The SMILES string of the molecule is O=C(CC1OCCCO1)N1CCC[C@@H](n2ccc(C(F)(F)F)n2)C1. The number of amides is 1. The molecule has 9 heteroatoms. The van der Waals surface area contributed by atoms with E-state index in [1.807, 2.05) is 0 Å². The van der Waals surface area contributed by atoms with Gasteiger partial charge >= 0.3 is 6.18 Å². The lowest BCUT2D eigenvalue weighted by molar-refractivity contribution is -0.187. The fraction of sp³-hybridized carbons (Fsp3) is 0.733. The second-order valence-electron chi connectivity index (χ2n) is 6.04. The van der Waals surface area contributed by atoms with Crippen molar-refractivity contribution >= 4 is 5.91 Å². The Bertz CT molecular complexity index is 570. The van der Waals surface area contributed by atoms with Gasteiger partial charge in [-0.25, -0.2) is 0 Å². The number of carbonyl (C=O) groups excluding carboxylic acids is 1. The number of ether oxygens (including phenoxy) is 2. The van der Waals surface area contributed by atoms with Gasteiger partial charge in [-0.05, 0) is 25.3 Å².